The number of ether oxygens (including phenoxy) is 2. The van der Waals surface area contributed by atoms with Crippen molar-refractivity contribution in [2.75, 3.05) is 6.61 Å². The van der Waals surface area contributed by atoms with Gasteiger partial charge in [-0.2, -0.15) is 0 Å². The van der Waals surface area contributed by atoms with Gasteiger partial charge < -0.3 is 14.0 Å². The fourth-order valence-corrected chi connectivity index (χ4v) is 2.69. The Bertz CT molecular complexity index is 723. The molecule has 0 radical (unpaired) electrons. The molecule has 1 fully saturated rings. The van der Waals surface area contributed by atoms with Crippen LogP contribution in [0.25, 0.3) is 11.2 Å². The molecule has 1 aliphatic heterocycles. The third-order valence-electron chi connectivity index (χ3n) is 3.71. The first kappa shape index (κ1) is 16.2. The van der Waals surface area contributed by atoms with Crippen molar-refractivity contribution in [3.63, 3.8) is 0 Å². The Balaban J connectivity index is 2.01. The molecule has 1 aliphatic rings. The Labute approximate surface area is 139 Å². The summed E-state index contributed by atoms with van der Waals surface area (Å²) in [4.78, 5) is 21.1. The van der Waals surface area contributed by atoms with Gasteiger partial charge in [0.25, 0.3) is 0 Å². The standard InChI is InChI=1S/C16H20ClN3O3/c1-9(2)23-16(21)13-5-4-12-15(19-13)20(8-11-6-7-22-11)14(18-12)10(3)17/h4-5,9-11H,6-8H2,1-3H3/t10-,11?/m0/s1. The molecule has 0 spiro atoms. The Morgan fingerprint density at radius 3 is 2.74 bits per heavy atom. The molecule has 2 aromatic rings. The average molecular weight is 338 g/mol. The van der Waals surface area contributed by atoms with E-state index < -0.39 is 5.97 Å². The van der Waals surface area contributed by atoms with Crippen LogP contribution in [0.4, 0.5) is 0 Å². The first-order valence-corrected chi connectivity index (χ1v) is 8.23. The summed E-state index contributed by atoms with van der Waals surface area (Å²) in [6.07, 6.45) is 0.964. The van der Waals surface area contributed by atoms with E-state index in [0.717, 1.165) is 18.9 Å². The highest BCUT2D eigenvalue weighted by Crippen LogP contribution is 2.26. The number of carbonyl (C=O) groups is 1. The van der Waals surface area contributed by atoms with E-state index in [2.05, 4.69) is 9.97 Å². The zero-order valence-electron chi connectivity index (χ0n) is 13.5. The maximum absolute atomic E-state index is 12.1. The van der Waals surface area contributed by atoms with Crippen molar-refractivity contribution in [3.8, 4) is 0 Å². The van der Waals surface area contributed by atoms with Crippen LogP contribution in [0, 0.1) is 0 Å². The molecule has 2 atom stereocenters. The minimum Gasteiger partial charge on any atom is -0.458 e. The normalized spacial score (nSPS) is 18.9. The lowest BCUT2D eigenvalue weighted by molar-refractivity contribution is -0.0590. The number of carbonyl (C=O) groups excluding carboxylic acids is 1. The van der Waals surface area contributed by atoms with Crippen LogP contribution in [0.2, 0.25) is 0 Å². The maximum Gasteiger partial charge on any atom is 0.357 e. The van der Waals surface area contributed by atoms with Crippen LogP contribution in [-0.2, 0) is 16.0 Å². The molecule has 0 bridgehead atoms. The topological polar surface area (TPSA) is 66.2 Å². The number of fused-ring (bicyclic) bond motifs is 1. The van der Waals surface area contributed by atoms with Gasteiger partial charge in [0.2, 0.25) is 0 Å². The summed E-state index contributed by atoms with van der Waals surface area (Å²) >= 11 is 6.25. The highest BCUT2D eigenvalue weighted by atomic mass is 35.5. The molecule has 0 N–H and O–H groups in total. The van der Waals surface area contributed by atoms with Crippen molar-refractivity contribution in [3.05, 3.63) is 23.7 Å². The number of hydrogen-bond donors (Lipinski definition) is 0. The third-order valence-corrected chi connectivity index (χ3v) is 3.90. The number of nitrogens with zero attached hydrogens (tertiary/aromatic N) is 3. The van der Waals surface area contributed by atoms with Crippen LogP contribution < -0.4 is 0 Å². The third kappa shape index (κ3) is 3.33. The lowest BCUT2D eigenvalue weighted by Gasteiger charge is -2.27. The molecule has 3 heterocycles. The molecule has 0 aliphatic carbocycles. The first-order chi connectivity index (χ1) is 11.0. The summed E-state index contributed by atoms with van der Waals surface area (Å²) in [6.45, 7) is 6.90. The van der Waals surface area contributed by atoms with Crippen molar-refractivity contribution >= 4 is 28.7 Å². The summed E-state index contributed by atoms with van der Waals surface area (Å²) in [5.74, 6) is 0.300. The summed E-state index contributed by atoms with van der Waals surface area (Å²) in [5, 5.41) is -0.254. The van der Waals surface area contributed by atoms with Crippen LogP contribution in [0.5, 0.6) is 0 Å². The van der Waals surface area contributed by atoms with E-state index in [1.54, 1.807) is 12.1 Å². The van der Waals surface area contributed by atoms with Gasteiger partial charge in [-0.15, -0.1) is 11.6 Å². The Kier molecular flexibility index (Phi) is 4.55. The zero-order chi connectivity index (χ0) is 16.6. The largest absolute Gasteiger partial charge is 0.458 e. The molecule has 3 rings (SSSR count). The zero-order valence-corrected chi connectivity index (χ0v) is 14.2. The molecule has 0 saturated carbocycles. The summed E-state index contributed by atoms with van der Waals surface area (Å²) < 4.78 is 12.7. The van der Waals surface area contributed by atoms with Gasteiger partial charge in [-0.25, -0.2) is 14.8 Å². The fraction of sp³-hybridized carbons (Fsp3) is 0.562. The quantitative estimate of drug-likeness (QED) is 0.619. The smallest absolute Gasteiger partial charge is 0.357 e. The van der Waals surface area contributed by atoms with Crippen molar-refractivity contribution in [1.82, 2.24) is 14.5 Å². The number of halogens is 1. The van der Waals surface area contributed by atoms with Crippen LogP contribution in [0.1, 0.15) is 48.9 Å². The van der Waals surface area contributed by atoms with E-state index in [1.807, 2.05) is 25.3 Å². The molecule has 0 amide bonds. The second kappa shape index (κ2) is 6.45. The Hall–Kier alpha value is -1.66. The van der Waals surface area contributed by atoms with E-state index in [4.69, 9.17) is 21.1 Å². The van der Waals surface area contributed by atoms with E-state index in [9.17, 15) is 4.79 Å². The number of hydrogen-bond acceptors (Lipinski definition) is 5. The number of pyridine rings is 1. The highest BCUT2D eigenvalue weighted by molar-refractivity contribution is 6.20. The molecule has 1 saturated heterocycles. The number of alkyl halides is 1. The van der Waals surface area contributed by atoms with Crippen LogP contribution in [0.15, 0.2) is 12.1 Å². The molecule has 23 heavy (non-hydrogen) atoms. The van der Waals surface area contributed by atoms with E-state index in [0.29, 0.717) is 17.7 Å². The molecule has 6 nitrogen and oxygen atoms in total. The van der Waals surface area contributed by atoms with Gasteiger partial charge in [0.1, 0.15) is 11.3 Å². The number of esters is 1. The number of rotatable bonds is 5. The molecule has 0 aromatic carbocycles. The van der Waals surface area contributed by atoms with E-state index >= 15 is 0 Å². The van der Waals surface area contributed by atoms with Crippen LogP contribution in [-0.4, -0.2) is 39.3 Å². The maximum atomic E-state index is 12.1. The molecular formula is C16H20ClN3O3. The van der Waals surface area contributed by atoms with Gasteiger partial charge >= 0.3 is 5.97 Å². The van der Waals surface area contributed by atoms with Crippen molar-refractivity contribution in [1.29, 1.82) is 0 Å². The second-order valence-electron chi connectivity index (χ2n) is 5.97. The van der Waals surface area contributed by atoms with Crippen molar-refractivity contribution in [2.45, 2.75) is 51.3 Å². The SMILES string of the molecule is CC(C)OC(=O)c1ccc2nc([C@H](C)Cl)n(CC3CCO3)c2n1. The predicted molar refractivity (Wildman–Crippen MR) is 86.7 cm³/mol. The van der Waals surface area contributed by atoms with Crippen LogP contribution in [0.3, 0.4) is 0 Å². The first-order valence-electron chi connectivity index (χ1n) is 7.79. The van der Waals surface area contributed by atoms with Gasteiger partial charge in [0.15, 0.2) is 11.3 Å². The van der Waals surface area contributed by atoms with Gasteiger partial charge in [-0.3, -0.25) is 0 Å². The van der Waals surface area contributed by atoms with Crippen molar-refractivity contribution in [2.24, 2.45) is 0 Å². The monoisotopic (exact) mass is 337 g/mol. The van der Waals surface area contributed by atoms with Crippen LogP contribution >= 0.6 is 11.6 Å². The predicted octanol–water partition coefficient (Wildman–Crippen LogP) is 3.09. The minimum atomic E-state index is -0.435. The lowest BCUT2D eigenvalue weighted by atomic mass is 10.2. The number of aromatic nitrogens is 3. The molecule has 1 unspecified atom stereocenters. The molecule has 2 aromatic heterocycles. The minimum absolute atomic E-state index is 0.148. The molecule has 7 heteroatoms. The lowest BCUT2D eigenvalue weighted by Crippen LogP contribution is -2.32. The fourth-order valence-electron chi connectivity index (χ4n) is 2.52. The van der Waals surface area contributed by atoms with Gasteiger partial charge in [0.05, 0.1) is 24.1 Å². The number of imidazole rings is 1. The Morgan fingerprint density at radius 1 is 1.43 bits per heavy atom. The Morgan fingerprint density at radius 2 is 2.17 bits per heavy atom. The molecular weight excluding hydrogens is 318 g/mol. The average Bonchev–Trinajstić information content (AvgIpc) is 2.80. The summed E-state index contributed by atoms with van der Waals surface area (Å²) in [5.41, 5.74) is 1.63. The van der Waals surface area contributed by atoms with E-state index in [-0.39, 0.29) is 23.3 Å². The second-order valence-corrected chi connectivity index (χ2v) is 6.63. The molecule has 124 valence electrons. The van der Waals surface area contributed by atoms with Gasteiger partial charge in [-0.1, -0.05) is 0 Å². The van der Waals surface area contributed by atoms with Gasteiger partial charge in [-0.05, 0) is 39.3 Å². The van der Waals surface area contributed by atoms with E-state index in [1.165, 1.54) is 0 Å². The van der Waals surface area contributed by atoms with Gasteiger partial charge in [0, 0.05) is 6.61 Å². The van der Waals surface area contributed by atoms with Crippen molar-refractivity contribution < 1.29 is 14.3 Å². The highest BCUT2D eigenvalue weighted by Gasteiger charge is 2.24. The summed E-state index contributed by atoms with van der Waals surface area (Å²) in [6, 6.07) is 3.41. The summed E-state index contributed by atoms with van der Waals surface area (Å²) in [7, 11) is 0.